The maximum Gasteiger partial charge on any atom is 0.253 e. The molecule has 0 saturated carbocycles. The van der Waals surface area contributed by atoms with E-state index in [1.807, 2.05) is 0 Å². The molecule has 0 spiro atoms. The predicted octanol–water partition coefficient (Wildman–Crippen LogP) is 0.774. The van der Waals surface area contributed by atoms with Crippen LogP contribution in [0.1, 0.15) is 17.3 Å². The van der Waals surface area contributed by atoms with Crippen molar-refractivity contribution >= 4 is 21.4 Å². The fourth-order valence-corrected chi connectivity index (χ4v) is 2.73. The monoisotopic (exact) mass is 270 g/mol. The van der Waals surface area contributed by atoms with Crippen molar-refractivity contribution in [3.63, 3.8) is 0 Å². The van der Waals surface area contributed by atoms with E-state index >= 15 is 0 Å². The van der Waals surface area contributed by atoms with Crippen LogP contribution in [0.15, 0.2) is 24.3 Å². The zero-order valence-corrected chi connectivity index (χ0v) is 11.6. The Kier molecular flexibility index (Phi) is 4.34. The molecule has 18 heavy (non-hydrogen) atoms. The van der Waals surface area contributed by atoms with Crippen molar-refractivity contribution in [2.75, 3.05) is 24.8 Å². The van der Waals surface area contributed by atoms with Crippen LogP contribution in [0.4, 0.5) is 5.69 Å². The number of hydrogen-bond acceptors (Lipinski definition) is 4. The lowest BCUT2D eigenvalue weighted by molar-refractivity contribution is 0.0757. The molecule has 5 nitrogen and oxygen atoms in total. The first-order valence-electron chi connectivity index (χ1n) is 5.51. The number of amides is 1. The Morgan fingerprint density at radius 1 is 1.44 bits per heavy atom. The maximum atomic E-state index is 12.1. The van der Waals surface area contributed by atoms with E-state index in [1.54, 1.807) is 38.2 Å². The molecule has 6 heteroatoms. The first-order valence-corrected chi connectivity index (χ1v) is 7.57. The molecule has 0 bridgehead atoms. The summed E-state index contributed by atoms with van der Waals surface area (Å²) in [5.74, 6) is -0.296. The van der Waals surface area contributed by atoms with Crippen LogP contribution in [-0.4, -0.2) is 44.3 Å². The maximum absolute atomic E-state index is 12.1. The number of nitrogens with zero attached hydrogens (tertiary/aromatic N) is 1. The zero-order valence-electron chi connectivity index (χ0n) is 10.8. The van der Waals surface area contributed by atoms with Crippen molar-refractivity contribution in [2.45, 2.75) is 13.0 Å². The van der Waals surface area contributed by atoms with Gasteiger partial charge in [-0.2, -0.15) is 0 Å². The minimum Gasteiger partial charge on any atom is -0.399 e. The summed E-state index contributed by atoms with van der Waals surface area (Å²) in [4.78, 5) is 13.5. The van der Waals surface area contributed by atoms with Crippen molar-refractivity contribution in [1.29, 1.82) is 0 Å². The van der Waals surface area contributed by atoms with Gasteiger partial charge in [0.15, 0.2) is 0 Å². The summed E-state index contributed by atoms with van der Waals surface area (Å²) < 4.78 is 22.4. The van der Waals surface area contributed by atoms with E-state index < -0.39 is 9.84 Å². The van der Waals surface area contributed by atoms with Crippen molar-refractivity contribution in [2.24, 2.45) is 0 Å². The molecule has 0 radical (unpaired) electrons. The summed E-state index contributed by atoms with van der Waals surface area (Å²) in [6.45, 7) is 1.70. The Bertz CT molecular complexity index is 540. The van der Waals surface area contributed by atoms with E-state index in [2.05, 4.69) is 0 Å². The molecule has 0 aliphatic carbocycles. The molecule has 2 N–H and O–H groups in total. The molecule has 1 amide bonds. The van der Waals surface area contributed by atoms with Gasteiger partial charge in [-0.1, -0.05) is 6.07 Å². The number of carbonyl (C=O) groups excluding carboxylic acids is 1. The molecule has 1 atom stereocenters. The number of hydrogen-bond donors (Lipinski definition) is 1. The SMILES string of the molecule is CC(CS(C)(=O)=O)N(C)C(=O)c1cccc(N)c1. The normalized spacial score (nSPS) is 13.1. The largest absolute Gasteiger partial charge is 0.399 e. The zero-order chi connectivity index (χ0) is 13.9. The molecule has 1 unspecified atom stereocenters. The van der Waals surface area contributed by atoms with Crippen LogP contribution in [0.3, 0.4) is 0 Å². The standard InChI is InChI=1S/C12H18N2O3S/c1-9(8-18(3,16)17)14(2)12(15)10-5-4-6-11(13)7-10/h4-7,9H,8,13H2,1-3H3. The lowest BCUT2D eigenvalue weighted by Crippen LogP contribution is -2.39. The summed E-state index contributed by atoms with van der Waals surface area (Å²) in [6, 6.07) is 6.23. The second-order valence-electron chi connectivity index (χ2n) is 4.48. The van der Waals surface area contributed by atoms with E-state index in [1.165, 1.54) is 4.90 Å². The number of carbonyl (C=O) groups is 1. The van der Waals surface area contributed by atoms with Crippen LogP contribution in [0.2, 0.25) is 0 Å². The molecule has 0 aliphatic heterocycles. The molecular formula is C12H18N2O3S. The highest BCUT2D eigenvalue weighted by Gasteiger charge is 2.20. The van der Waals surface area contributed by atoms with Gasteiger partial charge in [-0.25, -0.2) is 8.42 Å². The summed E-state index contributed by atoms with van der Waals surface area (Å²) in [7, 11) is -1.53. The van der Waals surface area contributed by atoms with Gasteiger partial charge in [0.25, 0.3) is 5.91 Å². The highest BCUT2D eigenvalue weighted by atomic mass is 32.2. The molecule has 0 aromatic heterocycles. The number of benzene rings is 1. The van der Waals surface area contributed by atoms with E-state index in [0.717, 1.165) is 6.26 Å². The third-order valence-electron chi connectivity index (χ3n) is 2.66. The summed E-state index contributed by atoms with van der Waals surface area (Å²) in [5.41, 5.74) is 6.57. The number of nitrogens with two attached hydrogens (primary N) is 1. The van der Waals surface area contributed by atoms with Crippen LogP contribution in [0.5, 0.6) is 0 Å². The molecule has 1 aromatic carbocycles. The number of sulfone groups is 1. The van der Waals surface area contributed by atoms with E-state index in [9.17, 15) is 13.2 Å². The van der Waals surface area contributed by atoms with E-state index in [0.29, 0.717) is 11.3 Å². The van der Waals surface area contributed by atoms with E-state index in [-0.39, 0.29) is 17.7 Å². The number of anilines is 1. The average Bonchev–Trinajstić information content (AvgIpc) is 2.24. The molecule has 0 fully saturated rings. The topological polar surface area (TPSA) is 80.5 Å². The molecule has 100 valence electrons. The minimum atomic E-state index is -3.11. The van der Waals surface area contributed by atoms with Crippen molar-refractivity contribution in [1.82, 2.24) is 4.90 Å². The Balaban J connectivity index is 2.84. The molecular weight excluding hydrogens is 252 g/mol. The van der Waals surface area contributed by atoms with Crippen molar-refractivity contribution in [3.8, 4) is 0 Å². The lowest BCUT2D eigenvalue weighted by atomic mass is 10.1. The fourth-order valence-electron chi connectivity index (χ4n) is 1.63. The molecule has 1 aromatic rings. The van der Waals surface area contributed by atoms with Crippen LogP contribution >= 0.6 is 0 Å². The number of nitrogen functional groups attached to an aromatic ring is 1. The van der Waals surface area contributed by atoms with E-state index in [4.69, 9.17) is 5.73 Å². The van der Waals surface area contributed by atoms with Crippen molar-refractivity contribution in [3.05, 3.63) is 29.8 Å². The average molecular weight is 270 g/mol. The quantitative estimate of drug-likeness (QED) is 0.820. The third-order valence-corrected chi connectivity index (χ3v) is 3.75. The van der Waals surface area contributed by atoms with Gasteiger partial charge in [0.1, 0.15) is 9.84 Å². The second-order valence-corrected chi connectivity index (χ2v) is 6.67. The van der Waals surface area contributed by atoms with Crippen LogP contribution in [0.25, 0.3) is 0 Å². The Labute approximate surface area is 108 Å². The summed E-state index contributed by atoms with van der Waals surface area (Å²) in [6.07, 6.45) is 1.16. The third kappa shape index (κ3) is 4.03. The Morgan fingerprint density at radius 3 is 2.56 bits per heavy atom. The first-order chi connectivity index (χ1) is 8.20. The predicted molar refractivity (Wildman–Crippen MR) is 72.1 cm³/mol. The first kappa shape index (κ1) is 14.5. The Morgan fingerprint density at radius 2 is 2.06 bits per heavy atom. The van der Waals surface area contributed by atoms with Crippen LogP contribution in [0, 0.1) is 0 Å². The van der Waals surface area contributed by atoms with Gasteiger partial charge in [-0.3, -0.25) is 4.79 Å². The fraction of sp³-hybridized carbons (Fsp3) is 0.417. The Hall–Kier alpha value is -1.56. The summed E-state index contributed by atoms with van der Waals surface area (Å²) in [5, 5.41) is 0. The smallest absolute Gasteiger partial charge is 0.253 e. The van der Waals surface area contributed by atoms with Gasteiger partial charge in [0.05, 0.1) is 5.75 Å². The highest BCUT2D eigenvalue weighted by Crippen LogP contribution is 2.11. The summed E-state index contributed by atoms with van der Waals surface area (Å²) >= 11 is 0. The lowest BCUT2D eigenvalue weighted by Gasteiger charge is -2.24. The van der Waals surface area contributed by atoms with Crippen molar-refractivity contribution < 1.29 is 13.2 Å². The van der Waals surface area contributed by atoms with Crippen LogP contribution in [-0.2, 0) is 9.84 Å². The molecule has 0 aliphatic rings. The van der Waals surface area contributed by atoms with Gasteiger partial charge >= 0.3 is 0 Å². The number of rotatable bonds is 4. The molecule has 0 heterocycles. The minimum absolute atomic E-state index is 0.0580. The molecule has 1 rings (SSSR count). The van der Waals surface area contributed by atoms with Gasteiger partial charge in [0, 0.05) is 30.6 Å². The highest BCUT2D eigenvalue weighted by molar-refractivity contribution is 7.90. The van der Waals surface area contributed by atoms with Gasteiger partial charge < -0.3 is 10.6 Å². The van der Waals surface area contributed by atoms with Gasteiger partial charge in [0.2, 0.25) is 0 Å². The second kappa shape index (κ2) is 5.39. The van der Waals surface area contributed by atoms with Gasteiger partial charge in [-0.05, 0) is 25.1 Å². The van der Waals surface area contributed by atoms with Gasteiger partial charge in [-0.15, -0.1) is 0 Å². The molecule has 0 saturated heterocycles. The van der Waals surface area contributed by atoms with Crippen LogP contribution < -0.4 is 5.73 Å².